The number of carbonyl (C=O) groups is 1. The van der Waals surface area contributed by atoms with Gasteiger partial charge >= 0.3 is 5.97 Å². The summed E-state index contributed by atoms with van der Waals surface area (Å²) in [6.07, 6.45) is 8.67. The van der Waals surface area contributed by atoms with E-state index >= 15 is 0 Å². The quantitative estimate of drug-likeness (QED) is 0.459. The standard InChI is InChI=1S/C22H32O4/c1-14-16(8-5-9-21(25)26-2)17-10-13-20(24)18(22(14)17)11-12-19(23)15-6-3-4-7-15/h8,14-15,17-20,22-24H,3-7,9-10,13H2,1-2H3/t14?,17-,18+,19?,20-,22+/m1/s1. The van der Waals surface area contributed by atoms with Crippen molar-refractivity contribution in [2.24, 2.45) is 29.6 Å². The van der Waals surface area contributed by atoms with Crippen LogP contribution in [-0.2, 0) is 9.53 Å². The lowest BCUT2D eigenvalue weighted by atomic mass is 9.51. The van der Waals surface area contributed by atoms with Crippen LogP contribution in [0.5, 0.6) is 0 Å². The molecular formula is C22H32O4. The zero-order valence-corrected chi connectivity index (χ0v) is 16.0. The van der Waals surface area contributed by atoms with Crippen molar-refractivity contribution in [2.75, 3.05) is 7.11 Å². The Kier molecular flexibility index (Phi) is 6.42. The van der Waals surface area contributed by atoms with Crippen molar-refractivity contribution < 1.29 is 19.7 Å². The Morgan fingerprint density at radius 3 is 2.73 bits per heavy atom. The largest absolute Gasteiger partial charge is 0.469 e. The third kappa shape index (κ3) is 4.00. The van der Waals surface area contributed by atoms with Crippen LogP contribution in [-0.4, -0.2) is 35.5 Å². The van der Waals surface area contributed by atoms with Crippen LogP contribution in [0, 0.1) is 41.4 Å². The minimum absolute atomic E-state index is 0.0439. The van der Waals surface area contributed by atoms with Gasteiger partial charge in [0.05, 0.1) is 19.1 Å². The molecule has 4 nitrogen and oxygen atoms in total. The molecule has 26 heavy (non-hydrogen) atoms. The molecule has 0 aromatic carbocycles. The van der Waals surface area contributed by atoms with E-state index in [1.165, 1.54) is 25.5 Å². The molecule has 0 aromatic rings. The molecule has 0 aliphatic heterocycles. The fourth-order valence-electron chi connectivity index (χ4n) is 5.28. The fraction of sp³-hybridized carbons (Fsp3) is 0.773. The number of aliphatic hydroxyl groups is 2. The van der Waals surface area contributed by atoms with Crippen LogP contribution in [0.3, 0.4) is 0 Å². The average Bonchev–Trinajstić information content (AvgIpc) is 3.18. The van der Waals surface area contributed by atoms with Gasteiger partial charge in [0.2, 0.25) is 0 Å². The summed E-state index contributed by atoms with van der Waals surface area (Å²) in [5.74, 6) is 7.65. The van der Waals surface area contributed by atoms with Gasteiger partial charge in [0.1, 0.15) is 6.10 Å². The molecule has 3 fully saturated rings. The summed E-state index contributed by atoms with van der Waals surface area (Å²) in [5, 5.41) is 20.8. The van der Waals surface area contributed by atoms with Crippen LogP contribution in [0.2, 0.25) is 0 Å². The maximum absolute atomic E-state index is 11.3. The summed E-state index contributed by atoms with van der Waals surface area (Å²) in [7, 11) is 1.42. The zero-order chi connectivity index (χ0) is 18.7. The second kappa shape index (κ2) is 8.59. The van der Waals surface area contributed by atoms with E-state index in [0.717, 1.165) is 32.1 Å². The maximum Gasteiger partial charge on any atom is 0.305 e. The third-order valence-electron chi connectivity index (χ3n) is 6.80. The lowest BCUT2D eigenvalue weighted by Gasteiger charge is -2.53. The normalized spacial score (nSPS) is 36.6. The number of hydrogen-bond acceptors (Lipinski definition) is 4. The number of esters is 1. The van der Waals surface area contributed by atoms with Crippen LogP contribution in [0.25, 0.3) is 0 Å². The van der Waals surface area contributed by atoms with E-state index in [2.05, 4.69) is 24.8 Å². The molecule has 0 radical (unpaired) electrons. The first-order valence-electron chi connectivity index (χ1n) is 10.2. The van der Waals surface area contributed by atoms with Crippen molar-refractivity contribution in [3.05, 3.63) is 11.6 Å². The number of hydrogen-bond donors (Lipinski definition) is 2. The molecule has 0 heterocycles. The Hall–Kier alpha value is -1.31. The van der Waals surface area contributed by atoms with Crippen molar-refractivity contribution in [1.29, 1.82) is 0 Å². The highest BCUT2D eigenvalue weighted by molar-refractivity contribution is 5.69. The molecule has 0 saturated heterocycles. The van der Waals surface area contributed by atoms with E-state index in [-0.39, 0.29) is 11.9 Å². The molecule has 6 atom stereocenters. The van der Waals surface area contributed by atoms with Gasteiger partial charge < -0.3 is 14.9 Å². The van der Waals surface area contributed by atoms with Gasteiger partial charge in [0.25, 0.3) is 0 Å². The first-order valence-corrected chi connectivity index (χ1v) is 10.2. The van der Waals surface area contributed by atoms with Crippen molar-refractivity contribution >= 4 is 5.97 Å². The van der Waals surface area contributed by atoms with Crippen molar-refractivity contribution in [1.82, 2.24) is 0 Å². The molecule has 3 rings (SSSR count). The molecule has 3 aliphatic carbocycles. The lowest BCUT2D eigenvalue weighted by Crippen LogP contribution is -2.50. The van der Waals surface area contributed by atoms with Crippen molar-refractivity contribution in [3.63, 3.8) is 0 Å². The van der Waals surface area contributed by atoms with E-state index in [1.807, 2.05) is 0 Å². The third-order valence-corrected chi connectivity index (χ3v) is 6.80. The van der Waals surface area contributed by atoms with Crippen LogP contribution in [0.4, 0.5) is 0 Å². The Bertz CT molecular complexity index is 593. The summed E-state index contributed by atoms with van der Waals surface area (Å²) in [5.41, 5.74) is 1.41. The Morgan fingerprint density at radius 1 is 1.31 bits per heavy atom. The van der Waals surface area contributed by atoms with Crippen molar-refractivity contribution in [2.45, 2.75) is 70.5 Å². The second-order valence-electron chi connectivity index (χ2n) is 8.24. The molecule has 144 valence electrons. The predicted octanol–water partition coefficient (Wildman–Crippen LogP) is 3.07. The maximum atomic E-state index is 11.3. The Morgan fingerprint density at radius 2 is 2.04 bits per heavy atom. The minimum Gasteiger partial charge on any atom is -0.469 e. The van der Waals surface area contributed by atoms with Gasteiger partial charge in [-0.3, -0.25) is 4.79 Å². The molecule has 4 heteroatoms. The number of fused-ring (bicyclic) bond motifs is 1. The van der Waals surface area contributed by atoms with E-state index in [9.17, 15) is 15.0 Å². The molecule has 0 aromatic heterocycles. The number of allylic oxidation sites excluding steroid dienone is 2. The number of rotatable bonds is 4. The van der Waals surface area contributed by atoms with Crippen LogP contribution in [0.15, 0.2) is 11.6 Å². The molecule has 2 N–H and O–H groups in total. The van der Waals surface area contributed by atoms with E-state index in [1.54, 1.807) is 0 Å². The highest BCUT2D eigenvalue weighted by Gasteiger charge is 2.51. The zero-order valence-electron chi connectivity index (χ0n) is 16.0. The average molecular weight is 360 g/mol. The Labute approximate surface area is 157 Å². The summed E-state index contributed by atoms with van der Waals surface area (Å²) in [6.45, 7) is 2.20. The molecule has 0 bridgehead atoms. The molecule has 0 amide bonds. The SMILES string of the molecule is COC(=O)CCC=C1C(C)[C@@H]2[C@@H](C#CC(O)C3CCCC3)[C@H](O)CC[C@H]12. The predicted molar refractivity (Wildman–Crippen MR) is 99.9 cm³/mol. The topological polar surface area (TPSA) is 66.8 Å². The molecule has 2 unspecified atom stereocenters. The highest BCUT2D eigenvalue weighted by Crippen LogP contribution is 2.55. The first-order chi connectivity index (χ1) is 12.5. The van der Waals surface area contributed by atoms with Crippen LogP contribution >= 0.6 is 0 Å². The van der Waals surface area contributed by atoms with Gasteiger partial charge in [0.15, 0.2) is 0 Å². The molecule has 0 spiro atoms. The van der Waals surface area contributed by atoms with Gasteiger partial charge in [-0.05, 0) is 55.8 Å². The summed E-state index contributed by atoms with van der Waals surface area (Å²) in [4.78, 5) is 11.3. The van der Waals surface area contributed by atoms with Crippen LogP contribution < -0.4 is 0 Å². The highest BCUT2D eigenvalue weighted by atomic mass is 16.5. The number of ether oxygens (including phenoxy) is 1. The summed E-state index contributed by atoms with van der Waals surface area (Å²) >= 11 is 0. The van der Waals surface area contributed by atoms with Crippen molar-refractivity contribution in [3.8, 4) is 11.8 Å². The number of methoxy groups -OCH3 is 1. The summed E-state index contributed by atoms with van der Waals surface area (Å²) in [6, 6.07) is 0. The van der Waals surface area contributed by atoms with E-state index in [0.29, 0.717) is 30.1 Å². The number of aliphatic hydroxyl groups excluding tert-OH is 2. The molecule has 3 saturated carbocycles. The van der Waals surface area contributed by atoms with Gasteiger partial charge in [-0.15, -0.1) is 0 Å². The summed E-state index contributed by atoms with van der Waals surface area (Å²) < 4.78 is 4.70. The van der Waals surface area contributed by atoms with Gasteiger partial charge in [-0.2, -0.15) is 0 Å². The lowest BCUT2D eigenvalue weighted by molar-refractivity contribution is -0.140. The smallest absolute Gasteiger partial charge is 0.305 e. The Balaban J connectivity index is 1.63. The van der Waals surface area contributed by atoms with Gasteiger partial charge in [0, 0.05) is 6.42 Å². The minimum atomic E-state index is -0.546. The fourth-order valence-corrected chi connectivity index (χ4v) is 5.28. The van der Waals surface area contributed by atoms with Gasteiger partial charge in [-0.1, -0.05) is 43.3 Å². The second-order valence-corrected chi connectivity index (χ2v) is 8.24. The van der Waals surface area contributed by atoms with E-state index < -0.39 is 12.2 Å². The van der Waals surface area contributed by atoms with Crippen LogP contribution in [0.1, 0.15) is 58.3 Å². The van der Waals surface area contributed by atoms with Gasteiger partial charge in [-0.25, -0.2) is 0 Å². The van der Waals surface area contributed by atoms with E-state index in [4.69, 9.17) is 4.74 Å². The first kappa shape index (κ1) is 19.5. The molecule has 3 aliphatic rings. The monoisotopic (exact) mass is 360 g/mol. The molecular weight excluding hydrogens is 328 g/mol. The number of carbonyl (C=O) groups excluding carboxylic acids is 1.